The second kappa shape index (κ2) is 7.67. The largest absolute Gasteiger partial charge is 0.394 e. The molecular weight excluding hydrogens is 346 g/mol. The van der Waals surface area contributed by atoms with Crippen molar-refractivity contribution in [1.82, 2.24) is 15.3 Å². The molecule has 1 unspecified atom stereocenters. The molecule has 0 fully saturated rings. The summed E-state index contributed by atoms with van der Waals surface area (Å²) in [7, 11) is 0. The number of H-pyrrole nitrogens is 1. The van der Waals surface area contributed by atoms with E-state index < -0.39 is 0 Å². The highest BCUT2D eigenvalue weighted by atomic mass is 32.2. The summed E-state index contributed by atoms with van der Waals surface area (Å²) < 4.78 is 0. The van der Waals surface area contributed by atoms with Gasteiger partial charge in [-0.1, -0.05) is 0 Å². The van der Waals surface area contributed by atoms with Crippen molar-refractivity contribution in [3.8, 4) is 0 Å². The zero-order chi connectivity index (χ0) is 17.1. The number of thioether (sulfide) groups is 1. The predicted octanol–water partition coefficient (Wildman–Crippen LogP) is 1.59. The van der Waals surface area contributed by atoms with Crippen LogP contribution in [0.25, 0.3) is 10.2 Å². The fourth-order valence-electron chi connectivity index (χ4n) is 2.84. The molecule has 8 heteroatoms. The molecule has 0 aliphatic heterocycles. The molecule has 1 amide bonds. The highest BCUT2D eigenvalue weighted by Gasteiger charge is 2.21. The molecule has 0 saturated carbocycles. The van der Waals surface area contributed by atoms with Gasteiger partial charge in [0.2, 0.25) is 5.91 Å². The van der Waals surface area contributed by atoms with Gasteiger partial charge in [-0.05, 0) is 31.7 Å². The maximum absolute atomic E-state index is 12.3. The van der Waals surface area contributed by atoms with Crippen molar-refractivity contribution >= 4 is 39.2 Å². The normalized spacial score (nSPS) is 14.8. The molecule has 0 bridgehead atoms. The molecule has 2 aromatic rings. The first-order chi connectivity index (χ1) is 11.6. The van der Waals surface area contributed by atoms with Crippen molar-refractivity contribution in [3.63, 3.8) is 0 Å². The third-order valence-corrected chi connectivity index (χ3v) is 6.17. The number of aliphatic hydroxyl groups excluding tert-OH is 1. The van der Waals surface area contributed by atoms with Gasteiger partial charge in [-0.25, -0.2) is 4.98 Å². The van der Waals surface area contributed by atoms with Crippen LogP contribution in [0.1, 0.15) is 36.0 Å². The molecule has 1 aliphatic rings. The van der Waals surface area contributed by atoms with E-state index in [0.29, 0.717) is 23.8 Å². The Bertz CT molecular complexity index is 800. The summed E-state index contributed by atoms with van der Waals surface area (Å²) in [6, 6.07) is -0.219. The van der Waals surface area contributed by atoms with Gasteiger partial charge in [-0.3, -0.25) is 9.59 Å². The third-order valence-electron chi connectivity index (χ3n) is 4.02. The van der Waals surface area contributed by atoms with Gasteiger partial charge in [0.25, 0.3) is 5.56 Å². The van der Waals surface area contributed by atoms with Gasteiger partial charge in [0.1, 0.15) is 10.7 Å². The van der Waals surface area contributed by atoms with E-state index in [9.17, 15) is 9.59 Å². The van der Waals surface area contributed by atoms with Crippen molar-refractivity contribution in [2.75, 3.05) is 12.4 Å². The number of aromatic nitrogens is 2. The van der Waals surface area contributed by atoms with Crippen molar-refractivity contribution in [2.24, 2.45) is 0 Å². The lowest BCUT2D eigenvalue weighted by Crippen LogP contribution is -2.35. The summed E-state index contributed by atoms with van der Waals surface area (Å²) in [4.78, 5) is 33.6. The summed E-state index contributed by atoms with van der Waals surface area (Å²) in [6.45, 7) is 1.70. The van der Waals surface area contributed by atoms with E-state index in [1.807, 2.05) is 0 Å². The second-order valence-electron chi connectivity index (χ2n) is 6.00. The van der Waals surface area contributed by atoms with Crippen LogP contribution >= 0.6 is 23.1 Å². The maximum atomic E-state index is 12.3. The molecular formula is C16H21N3O3S2. The Morgan fingerprint density at radius 2 is 2.33 bits per heavy atom. The Hall–Kier alpha value is -1.38. The molecule has 24 heavy (non-hydrogen) atoms. The first-order valence-corrected chi connectivity index (χ1v) is 10.1. The van der Waals surface area contributed by atoms with E-state index in [1.54, 1.807) is 30.0 Å². The number of rotatable bonds is 7. The number of aromatic amines is 1. The van der Waals surface area contributed by atoms with Gasteiger partial charge in [-0.15, -0.1) is 11.3 Å². The van der Waals surface area contributed by atoms with E-state index in [0.717, 1.165) is 29.5 Å². The van der Waals surface area contributed by atoms with E-state index in [4.69, 9.17) is 5.11 Å². The van der Waals surface area contributed by atoms with Crippen LogP contribution in [0.4, 0.5) is 0 Å². The standard InChI is InChI=1S/C16H21N3O3S2/c1-9(7-20)17-13(21)5-6-23-8-12-18-15(22)14-10-3-2-4-11(10)24-16(14)19-12/h9,20H,2-8H2,1H3,(H,17,21)(H,18,19,22). The average Bonchev–Trinajstić information content (AvgIpc) is 3.11. The summed E-state index contributed by atoms with van der Waals surface area (Å²) in [5.74, 6) is 1.82. The highest BCUT2D eigenvalue weighted by molar-refractivity contribution is 7.98. The Morgan fingerprint density at radius 3 is 3.12 bits per heavy atom. The molecule has 2 aromatic heterocycles. The third kappa shape index (κ3) is 3.81. The van der Waals surface area contributed by atoms with E-state index in [1.165, 1.54) is 10.4 Å². The van der Waals surface area contributed by atoms with Crippen LogP contribution in [0.5, 0.6) is 0 Å². The minimum absolute atomic E-state index is 0.0375. The number of aryl methyl sites for hydroxylation is 2. The van der Waals surface area contributed by atoms with Crippen molar-refractivity contribution in [1.29, 1.82) is 0 Å². The number of carbonyl (C=O) groups excluding carboxylic acids is 1. The van der Waals surface area contributed by atoms with Crippen molar-refractivity contribution < 1.29 is 9.90 Å². The van der Waals surface area contributed by atoms with Crippen LogP contribution < -0.4 is 10.9 Å². The smallest absolute Gasteiger partial charge is 0.259 e. The van der Waals surface area contributed by atoms with Crippen LogP contribution in [0, 0.1) is 0 Å². The van der Waals surface area contributed by atoms with Gasteiger partial charge in [0.15, 0.2) is 0 Å². The monoisotopic (exact) mass is 367 g/mol. The second-order valence-corrected chi connectivity index (χ2v) is 8.19. The first-order valence-electron chi connectivity index (χ1n) is 8.10. The lowest BCUT2D eigenvalue weighted by molar-refractivity contribution is -0.121. The number of hydrogen-bond donors (Lipinski definition) is 3. The number of thiophene rings is 1. The summed E-state index contributed by atoms with van der Waals surface area (Å²) >= 11 is 3.21. The number of aliphatic hydroxyl groups is 1. The average molecular weight is 367 g/mol. The van der Waals surface area contributed by atoms with E-state index in [-0.39, 0.29) is 24.1 Å². The lowest BCUT2D eigenvalue weighted by atomic mass is 10.2. The Morgan fingerprint density at radius 1 is 1.50 bits per heavy atom. The maximum Gasteiger partial charge on any atom is 0.259 e. The van der Waals surface area contributed by atoms with Gasteiger partial charge < -0.3 is 15.4 Å². The Labute approximate surface area is 148 Å². The van der Waals surface area contributed by atoms with Crippen LogP contribution in [0.2, 0.25) is 0 Å². The predicted molar refractivity (Wildman–Crippen MR) is 97.7 cm³/mol. The fourth-order valence-corrected chi connectivity index (χ4v) is 4.93. The quantitative estimate of drug-likeness (QED) is 0.646. The number of carbonyl (C=O) groups is 1. The molecule has 0 spiro atoms. The Balaban J connectivity index is 1.57. The van der Waals surface area contributed by atoms with Crippen LogP contribution in [-0.4, -0.2) is 39.4 Å². The summed E-state index contributed by atoms with van der Waals surface area (Å²) in [5.41, 5.74) is 1.15. The Kier molecular flexibility index (Phi) is 5.57. The lowest BCUT2D eigenvalue weighted by Gasteiger charge is -2.10. The van der Waals surface area contributed by atoms with Gasteiger partial charge in [-0.2, -0.15) is 11.8 Å². The number of amides is 1. The minimum Gasteiger partial charge on any atom is -0.394 e. The summed E-state index contributed by atoms with van der Waals surface area (Å²) in [6.07, 6.45) is 3.55. The SMILES string of the molecule is CC(CO)NC(=O)CCSCc1nc2sc3c(c2c(=O)[nH]1)CCC3. The molecule has 1 atom stereocenters. The molecule has 130 valence electrons. The molecule has 3 rings (SSSR count). The zero-order valence-corrected chi connectivity index (χ0v) is 15.2. The topological polar surface area (TPSA) is 95.1 Å². The van der Waals surface area contributed by atoms with Crippen LogP contribution in [0.15, 0.2) is 4.79 Å². The van der Waals surface area contributed by atoms with Gasteiger partial charge in [0, 0.05) is 23.1 Å². The van der Waals surface area contributed by atoms with Crippen LogP contribution in [0.3, 0.4) is 0 Å². The van der Waals surface area contributed by atoms with Gasteiger partial charge in [0.05, 0.1) is 17.7 Å². The fraction of sp³-hybridized carbons (Fsp3) is 0.562. The van der Waals surface area contributed by atoms with Crippen molar-refractivity contribution in [2.45, 2.75) is 44.4 Å². The summed E-state index contributed by atoms with van der Waals surface area (Å²) in [5, 5.41) is 12.4. The molecule has 1 aliphatic carbocycles. The molecule has 2 heterocycles. The number of fused-ring (bicyclic) bond motifs is 3. The van der Waals surface area contributed by atoms with Gasteiger partial charge >= 0.3 is 0 Å². The van der Waals surface area contributed by atoms with E-state index in [2.05, 4.69) is 15.3 Å². The molecule has 6 nitrogen and oxygen atoms in total. The molecule has 0 aromatic carbocycles. The molecule has 0 saturated heterocycles. The number of nitrogens with one attached hydrogen (secondary N) is 2. The minimum atomic E-state index is -0.219. The number of nitrogens with zero attached hydrogens (tertiary/aromatic N) is 1. The molecule has 3 N–H and O–H groups in total. The number of hydrogen-bond acceptors (Lipinski definition) is 6. The highest BCUT2D eigenvalue weighted by Crippen LogP contribution is 2.34. The van der Waals surface area contributed by atoms with Crippen LogP contribution in [-0.2, 0) is 23.4 Å². The van der Waals surface area contributed by atoms with E-state index >= 15 is 0 Å². The first kappa shape index (κ1) is 17.4. The zero-order valence-electron chi connectivity index (χ0n) is 13.6. The molecule has 0 radical (unpaired) electrons. The van der Waals surface area contributed by atoms with Crippen molar-refractivity contribution in [3.05, 3.63) is 26.6 Å².